The molecule has 132 valence electrons. The smallest absolute Gasteiger partial charge is 0.244 e. The van der Waals surface area contributed by atoms with Crippen LogP contribution in [-0.2, 0) is 4.79 Å². The van der Waals surface area contributed by atoms with Gasteiger partial charge in [0.2, 0.25) is 5.91 Å². The number of methoxy groups -OCH3 is 1. The third-order valence-corrected chi connectivity index (χ3v) is 4.26. The van der Waals surface area contributed by atoms with Crippen molar-refractivity contribution in [1.82, 2.24) is 5.32 Å². The number of ether oxygens (including phenoxy) is 2. The fraction of sp³-hybridized carbons (Fsp3) is 0.526. The Kier molecular flexibility index (Phi) is 6.98. The minimum Gasteiger partial charge on any atom is -0.493 e. The first-order valence-corrected chi connectivity index (χ1v) is 8.90. The van der Waals surface area contributed by atoms with E-state index in [9.17, 15) is 4.79 Å². The van der Waals surface area contributed by atoms with Crippen LogP contribution in [0.5, 0.6) is 11.5 Å². The first kappa shape index (κ1) is 18.7. The van der Waals surface area contributed by atoms with Gasteiger partial charge in [0.25, 0.3) is 0 Å². The number of hydrogen-bond acceptors (Lipinski definition) is 3. The molecule has 0 aliphatic heterocycles. The summed E-state index contributed by atoms with van der Waals surface area (Å²) < 4.78 is 11.0. The quantitative estimate of drug-likeness (QED) is 0.762. The second kappa shape index (κ2) is 8.97. The zero-order valence-corrected chi connectivity index (χ0v) is 15.4. The molecule has 1 aromatic rings. The summed E-state index contributed by atoms with van der Waals surface area (Å²) >= 11 is 6.29. The van der Waals surface area contributed by atoms with Crippen LogP contribution in [0, 0.1) is 0 Å². The van der Waals surface area contributed by atoms with E-state index >= 15 is 0 Å². The van der Waals surface area contributed by atoms with Gasteiger partial charge >= 0.3 is 0 Å². The molecule has 1 amide bonds. The highest BCUT2D eigenvalue weighted by molar-refractivity contribution is 6.32. The lowest BCUT2D eigenvalue weighted by Crippen LogP contribution is -2.34. The van der Waals surface area contributed by atoms with Gasteiger partial charge in [0.05, 0.1) is 18.2 Å². The Hall–Kier alpha value is -1.68. The van der Waals surface area contributed by atoms with E-state index in [0.717, 1.165) is 18.4 Å². The number of halogens is 1. The van der Waals surface area contributed by atoms with Gasteiger partial charge in [-0.2, -0.15) is 0 Å². The maximum atomic E-state index is 12.0. The molecule has 0 atom stereocenters. The summed E-state index contributed by atoms with van der Waals surface area (Å²) in [5.74, 6) is 1.01. The van der Waals surface area contributed by atoms with Gasteiger partial charge in [-0.1, -0.05) is 30.9 Å². The van der Waals surface area contributed by atoms with E-state index in [1.807, 2.05) is 19.9 Å². The topological polar surface area (TPSA) is 47.6 Å². The van der Waals surface area contributed by atoms with Gasteiger partial charge in [0, 0.05) is 12.1 Å². The molecule has 0 aromatic heterocycles. The SMILES string of the molecule is COc1cc(C=CC(=O)NC2CCCCC2)cc(Cl)c1OC(C)C. The minimum absolute atomic E-state index is 0.000867. The standard InChI is InChI=1S/C19H26ClNO3/c1-13(2)24-19-16(20)11-14(12-17(19)23-3)9-10-18(22)21-15-7-5-4-6-8-15/h9-13,15H,4-8H2,1-3H3,(H,21,22). The molecule has 1 saturated carbocycles. The summed E-state index contributed by atoms with van der Waals surface area (Å²) in [5, 5.41) is 3.52. The molecular weight excluding hydrogens is 326 g/mol. The molecule has 24 heavy (non-hydrogen) atoms. The number of amides is 1. The van der Waals surface area contributed by atoms with Crippen LogP contribution in [-0.4, -0.2) is 25.2 Å². The van der Waals surface area contributed by atoms with Crippen LogP contribution in [0.3, 0.4) is 0 Å². The summed E-state index contributed by atoms with van der Waals surface area (Å²) in [6.45, 7) is 3.86. The lowest BCUT2D eigenvalue weighted by atomic mass is 9.95. The maximum absolute atomic E-state index is 12.0. The fourth-order valence-electron chi connectivity index (χ4n) is 2.85. The fourth-order valence-corrected chi connectivity index (χ4v) is 3.12. The van der Waals surface area contributed by atoms with E-state index in [2.05, 4.69) is 5.32 Å². The Labute approximate surface area is 149 Å². The first-order chi connectivity index (χ1) is 11.5. The lowest BCUT2D eigenvalue weighted by molar-refractivity contribution is -0.117. The molecular formula is C19H26ClNO3. The van der Waals surface area contributed by atoms with Crippen LogP contribution in [0.15, 0.2) is 18.2 Å². The number of rotatable bonds is 6. The molecule has 0 saturated heterocycles. The highest BCUT2D eigenvalue weighted by Gasteiger charge is 2.15. The average Bonchev–Trinajstić information content (AvgIpc) is 2.55. The van der Waals surface area contributed by atoms with E-state index in [4.69, 9.17) is 21.1 Å². The number of carbonyl (C=O) groups is 1. The zero-order chi connectivity index (χ0) is 17.5. The Morgan fingerprint density at radius 2 is 2.00 bits per heavy atom. The van der Waals surface area contributed by atoms with Crippen molar-refractivity contribution in [1.29, 1.82) is 0 Å². The van der Waals surface area contributed by atoms with E-state index in [1.54, 1.807) is 25.3 Å². The molecule has 0 radical (unpaired) electrons. The molecule has 4 nitrogen and oxygen atoms in total. The zero-order valence-electron chi connectivity index (χ0n) is 14.6. The summed E-state index contributed by atoms with van der Waals surface area (Å²) in [7, 11) is 1.57. The van der Waals surface area contributed by atoms with Crippen molar-refractivity contribution < 1.29 is 14.3 Å². The van der Waals surface area contributed by atoms with Gasteiger partial charge in [-0.25, -0.2) is 0 Å². The Morgan fingerprint density at radius 3 is 2.62 bits per heavy atom. The number of hydrogen-bond donors (Lipinski definition) is 1. The van der Waals surface area contributed by atoms with Crippen LogP contribution < -0.4 is 14.8 Å². The van der Waals surface area contributed by atoms with Crippen molar-refractivity contribution >= 4 is 23.6 Å². The second-order valence-electron chi connectivity index (χ2n) is 6.38. The molecule has 0 bridgehead atoms. The number of nitrogens with one attached hydrogen (secondary N) is 1. The Bertz CT molecular complexity index is 593. The van der Waals surface area contributed by atoms with Gasteiger partial charge in [-0.3, -0.25) is 4.79 Å². The van der Waals surface area contributed by atoms with Crippen molar-refractivity contribution in [2.24, 2.45) is 0 Å². The van der Waals surface area contributed by atoms with Crippen molar-refractivity contribution in [3.63, 3.8) is 0 Å². The van der Waals surface area contributed by atoms with E-state index < -0.39 is 0 Å². The number of carbonyl (C=O) groups excluding carboxylic acids is 1. The van der Waals surface area contributed by atoms with Crippen molar-refractivity contribution in [2.45, 2.75) is 58.1 Å². The molecule has 0 unspecified atom stereocenters. The molecule has 1 aliphatic carbocycles. The van der Waals surface area contributed by atoms with Crippen molar-refractivity contribution in [3.8, 4) is 11.5 Å². The molecule has 1 N–H and O–H groups in total. The van der Waals surface area contributed by atoms with Crippen molar-refractivity contribution in [2.75, 3.05) is 7.11 Å². The Morgan fingerprint density at radius 1 is 1.29 bits per heavy atom. The average molecular weight is 352 g/mol. The molecule has 1 aromatic carbocycles. The minimum atomic E-state index is -0.0699. The first-order valence-electron chi connectivity index (χ1n) is 8.52. The monoisotopic (exact) mass is 351 g/mol. The normalized spacial score (nSPS) is 15.7. The predicted molar refractivity (Wildman–Crippen MR) is 97.8 cm³/mol. The van der Waals surface area contributed by atoms with Gasteiger partial charge in [-0.15, -0.1) is 0 Å². The third kappa shape index (κ3) is 5.45. The van der Waals surface area contributed by atoms with Crippen LogP contribution in [0.2, 0.25) is 5.02 Å². The maximum Gasteiger partial charge on any atom is 0.244 e. The lowest BCUT2D eigenvalue weighted by Gasteiger charge is -2.21. The molecule has 0 spiro atoms. The van der Waals surface area contributed by atoms with E-state index in [-0.39, 0.29) is 12.0 Å². The number of benzene rings is 1. The molecule has 1 fully saturated rings. The van der Waals surface area contributed by atoms with E-state index in [0.29, 0.717) is 22.6 Å². The predicted octanol–water partition coefficient (Wildman–Crippen LogP) is 4.60. The van der Waals surface area contributed by atoms with Gasteiger partial charge in [-0.05, 0) is 50.5 Å². The van der Waals surface area contributed by atoms with Crippen LogP contribution in [0.1, 0.15) is 51.5 Å². The van der Waals surface area contributed by atoms with Crippen LogP contribution >= 0.6 is 11.6 Å². The summed E-state index contributed by atoms with van der Waals surface area (Å²) in [6.07, 6.45) is 9.08. The van der Waals surface area contributed by atoms with Crippen LogP contribution in [0.25, 0.3) is 6.08 Å². The molecule has 2 rings (SSSR count). The van der Waals surface area contributed by atoms with Gasteiger partial charge in [0.1, 0.15) is 0 Å². The summed E-state index contributed by atoms with van der Waals surface area (Å²) in [5.41, 5.74) is 0.798. The van der Waals surface area contributed by atoms with Gasteiger partial charge < -0.3 is 14.8 Å². The molecule has 1 aliphatic rings. The molecule has 0 heterocycles. The largest absolute Gasteiger partial charge is 0.493 e. The van der Waals surface area contributed by atoms with E-state index in [1.165, 1.54) is 19.3 Å². The van der Waals surface area contributed by atoms with Gasteiger partial charge in [0.15, 0.2) is 11.5 Å². The summed E-state index contributed by atoms with van der Waals surface area (Å²) in [4.78, 5) is 12.0. The highest BCUT2D eigenvalue weighted by atomic mass is 35.5. The van der Waals surface area contributed by atoms with Crippen molar-refractivity contribution in [3.05, 3.63) is 28.8 Å². The molecule has 5 heteroatoms. The highest BCUT2D eigenvalue weighted by Crippen LogP contribution is 2.37. The Balaban J connectivity index is 2.05. The van der Waals surface area contributed by atoms with Crippen LogP contribution in [0.4, 0.5) is 0 Å². The summed E-state index contributed by atoms with van der Waals surface area (Å²) in [6, 6.07) is 3.89. The third-order valence-electron chi connectivity index (χ3n) is 3.98. The second-order valence-corrected chi connectivity index (χ2v) is 6.78.